The van der Waals surface area contributed by atoms with Crippen LogP contribution in [0.1, 0.15) is 10.5 Å². The first-order chi connectivity index (χ1) is 7.68. The highest BCUT2D eigenvalue weighted by atomic mass is 16.2. The van der Waals surface area contributed by atoms with E-state index in [9.17, 15) is 4.79 Å². The smallest absolute Gasteiger partial charge is 0.276 e. The molecule has 5 heteroatoms. The summed E-state index contributed by atoms with van der Waals surface area (Å²) in [5, 5.41) is 6.66. The minimum atomic E-state index is -0.260. The van der Waals surface area contributed by atoms with E-state index < -0.39 is 0 Å². The maximum absolute atomic E-state index is 11.9. The molecule has 0 spiro atoms. The average molecular weight is 216 g/mol. The molecule has 0 aliphatic heterocycles. The molecule has 0 radical (unpaired) electrons. The zero-order valence-corrected chi connectivity index (χ0v) is 8.84. The fourth-order valence-electron chi connectivity index (χ4n) is 1.44. The van der Waals surface area contributed by atoms with E-state index in [1.165, 1.54) is 10.9 Å². The Balaban J connectivity index is 2.22. The molecule has 82 valence electrons. The molecule has 3 N–H and O–H groups in total. The van der Waals surface area contributed by atoms with Crippen molar-refractivity contribution in [2.45, 2.75) is 0 Å². The zero-order valence-electron chi connectivity index (χ0n) is 8.84. The highest BCUT2D eigenvalue weighted by Crippen LogP contribution is 2.12. The largest absolute Gasteiger partial charge is 0.396 e. The van der Waals surface area contributed by atoms with Gasteiger partial charge >= 0.3 is 0 Å². The molecule has 0 fully saturated rings. The summed E-state index contributed by atoms with van der Waals surface area (Å²) >= 11 is 0. The van der Waals surface area contributed by atoms with Gasteiger partial charge in [-0.05, 0) is 12.1 Å². The van der Waals surface area contributed by atoms with Crippen molar-refractivity contribution in [3.63, 3.8) is 0 Å². The molecule has 0 bridgehead atoms. The predicted octanol–water partition coefficient (Wildman–Crippen LogP) is 1.25. The highest BCUT2D eigenvalue weighted by molar-refractivity contribution is 6.06. The van der Waals surface area contributed by atoms with Gasteiger partial charge in [0.05, 0.1) is 11.9 Å². The zero-order chi connectivity index (χ0) is 11.5. The molecule has 0 aliphatic rings. The van der Waals surface area contributed by atoms with E-state index in [0.29, 0.717) is 11.4 Å². The maximum Gasteiger partial charge on any atom is 0.276 e. The number of para-hydroxylation sites is 1. The summed E-state index contributed by atoms with van der Waals surface area (Å²) in [7, 11) is 1.68. The van der Waals surface area contributed by atoms with E-state index in [2.05, 4.69) is 10.4 Å². The van der Waals surface area contributed by atoms with Crippen LogP contribution in [0.25, 0.3) is 0 Å². The Morgan fingerprint density at radius 2 is 2.06 bits per heavy atom. The molecule has 1 aromatic heterocycles. The van der Waals surface area contributed by atoms with E-state index in [0.717, 1.165) is 5.69 Å². The lowest BCUT2D eigenvalue weighted by Gasteiger charge is -2.05. The summed E-state index contributed by atoms with van der Waals surface area (Å²) in [5.41, 5.74) is 7.12. The summed E-state index contributed by atoms with van der Waals surface area (Å²) < 4.78 is 1.45. The number of nitrogen functional groups attached to an aromatic ring is 1. The number of hydrogen-bond donors (Lipinski definition) is 2. The van der Waals surface area contributed by atoms with Gasteiger partial charge in [-0.3, -0.25) is 9.48 Å². The molecule has 0 saturated carbocycles. The van der Waals surface area contributed by atoms with Crippen molar-refractivity contribution >= 4 is 17.3 Å². The van der Waals surface area contributed by atoms with E-state index >= 15 is 0 Å². The van der Waals surface area contributed by atoms with E-state index in [4.69, 9.17) is 5.73 Å². The molecule has 16 heavy (non-hydrogen) atoms. The Kier molecular flexibility index (Phi) is 2.59. The Morgan fingerprint density at radius 3 is 2.62 bits per heavy atom. The second-order valence-corrected chi connectivity index (χ2v) is 3.39. The van der Waals surface area contributed by atoms with Gasteiger partial charge in [-0.1, -0.05) is 18.2 Å². The molecule has 0 aliphatic carbocycles. The molecule has 1 aromatic carbocycles. The van der Waals surface area contributed by atoms with Crippen LogP contribution >= 0.6 is 0 Å². The van der Waals surface area contributed by atoms with Crippen LogP contribution in [0.4, 0.5) is 11.4 Å². The number of nitrogens with zero attached hydrogens (tertiary/aromatic N) is 2. The summed E-state index contributed by atoms with van der Waals surface area (Å²) in [6.07, 6.45) is 1.46. The topological polar surface area (TPSA) is 72.9 Å². The molecule has 5 nitrogen and oxygen atoms in total. The molecule has 2 aromatic rings. The molecule has 2 rings (SSSR count). The van der Waals surface area contributed by atoms with Gasteiger partial charge in [-0.15, -0.1) is 0 Å². The van der Waals surface area contributed by atoms with Crippen LogP contribution in [0.2, 0.25) is 0 Å². The number of benzene rings is 1. The second-order valence-electron chi connectivity index (χ2n) is 3.39. The number of rotatable bonds is 2. The van der Waals surface area contributed by atoms with Gasteiger partial charge in [0.2, 0.25) is 0 Å². The Bertz CT molecular complexity index is 484. The normalized spacial score (nSPS) is 10.1. The third-order valence-corrected chi connectivity index (χ3v) is 2.21. The van der Waals surface area contributed by atoms with E-state index in [1.807, 2.05) is 30.3 Å². The molecular formula is C11H12N4O. The molecule has 1 amide bonds. The van der Waals surface area contributed by atoms with Crippen molar-refractivity contribution in [2.24, 2.45) is 7.05 Å². The van der Waals surface area contributed by atoms with Crippen molar-refractivity contribution in [2.75, 3.05) is 11.1 Å². The summed E-state index contributed by atoms with van der Waals surface area (Å²) in [4.78, 5) is 11.9. The standard InChI is InChI=1S/C11H12N4O/c1-15-10(9(12)7-13-15)11(16)14-8-5-3-2-4-6-8/h2-7H,12H2,1H3,(H,14,16). The number of carbonyl (C=O) groups excluding carboxylic acids is 1. The van der Waals surface area contributed by atoms with Crippen LogP contribution in [0.15, 0.2) is 36.5 Å². The SMILES string of the molecule is Cn1ncc(N)c1C(=O)Nc1ccccc1. The summed E-state index contributed by atoms with van der Waals surface area (Å²) in [6.45, 7) is 0. The minimum absolute atomic E-state index is 0.260. The molecule has 0 unspecified atom stereocenters. The fourth-order valence-corrected chi connectivity index (χ4v) is 1.44. The van der Waals surface area contributed by atoms with Crippen LogP contribution in [-0.2, 0) is 7.05 Å². The van der Waals surface area contributed by atoms with Crippen molar-refractivity contribution < 1.29 is 4.79 Å². The number of aromatic nitrogens is 2. The second kappa shape index (κ2) is 4.06. The average Bonchev–Trinajstić information content (AvgIpc) is 2.60. The first-order valence-electron chi connectivity index (χ1n) is 4.82. The third-order valence-electron chi connectivity index (χ3n) is 2.21. The molecular weight excluding hydrogens is 204 g/mol. The fraction of sp³-hybridized carbons (Fsp3) is 0.0909. The number of hydrogen-bond acceptors (Lipinski definition) is 3. The lowest BCUT2D eigenvalue weighted by Crippen LogP contribution is -2.17. The lowest BCUT2D eigenvalue weighted by atomic mass is 10.3. The van der Waals surface area contributed by atoms with Crippen LogP contribution in [0.5, 0.6) is 0 Å². The maximum atomic E-state index is 11.9. The van der Waals surface area contributed by atoms with Gasteiger partial charge in [0.1, 0.15) is 5.69 Å². The number of anilines is 2. The number of amides is 1. The van der Waals surface area contributed by atoms with Gasteiger partial charge in [0.25, 0.3) is 5.91 Å². The van der Waals surface area contributed by atoms with E-state index in [-0.39, 0.29) is 5.91 Å². The molecule has 0 saturated heterocycles. The molecule has 1 heterocycles. The van der Waals surface area contributed by atoms with E-state index in [1.54, 1.807) is 7.05 Å². The van der Waals surface area contributed by atoms with Gasteiger partial charge in [0, 0.05) is 12.7 Å². The first kappa shape index (κ1) is 10.2. The third kappa shape index (κ3) is 1.88. The van der Waals surface area contributed by atoms with Crippen molar-refractivity contribution in [1.29, 1.82) is 0 Å². The van der Waals surface area contributed by atoms with Crippen LogP contribution in [0, 0.1) is 0 Å². The quantitative estimate of drug-likeness (QED) is 0.793. The molecule has 0 atom stereocenters. The Labute approximate surface area is 92.9 Å². The Hall–Kier alpha value is -2.30. The number of nitrogens with one attached hydrogen (secondary N) is 1. The summed E-state index contributed by atoms with van der Waals surface area (Å²) in [6, 6.07) is 9.20. The monoisotopic (exact) mass is 216 g/mol. The van der Waals surface area contributed by atoms with Gasteiger partial charge < -0.3 is 11.1 Å². The number of nitrogens with two attached hydrogens (primary N) is 1. The highest BCUT2D eigenvalue weighted by Gasteiger charge is 2.14. The van der Waals surface area contributed by atoms with Crippen molar-refractivity contribution in [1.82, 2.24) is 9.78 Å². The van der Waals surface area contributed by atoms with Crippen LogP contribution < -0.4 is 11.1 Å². The predicted molar refractivity (Wildman–Crippen MR) is 62.0 cm³/mol. The minimum Gasteiger partial charge on any atom is -0.396 e. The van der Waals surface area contributed by atoms with Gasteiger partial charge in [0.15, 0.2) is 0 Å². The summed E-state index contributed by atoms with van der Waals surface area (Å²) in [5.74, 6) is -0.260. The number of aryl methyl sites for hydroxylation is 1. The van der Waals surface area contributed by atoms with Gasteiger partial charge in [-0.2, -0.15) is 5.10 Å². The van der Waals surface area contributed by atoms with Crippen LogP contribution in [0.3, 0.4) is 0 Å². The van der Waals surface area contributed by atoms with Crippen molar-refractivity contribution in [3.8, 4) is 0 Å². The number of carbonyl (C=O) groups is 1. The first-order valence-corrected chi connectivity index (χ1v) is 4.82. The van der Waals surface area contributed by atoms with Crippen LogP contribution in [-0.4, -0.2) is 15.7 Å². The van der Waals surface area contributed by atoms with Gasteiger partial charge in [-0.25, -0.2) is 0 Å². The Morgan fingerprint density at radius 1 is 1.38 bits per heavy atom. The van der Waals surface area contributed by atoms with Crippen molar-refractivity contribution in [3.05, 3.63) is 42.2 Å². The lowest BCUT2D eigenvalue weighted by molar-refractivity contribution is 0.101.